The molecule has 0 unspecified atom stereocenters. The lowest BCUT2D eigenvalue weighted by atomic mass is 10.1. The highest BCUT2D eigenvalue weighted by atomic mass is 15.1. The molecule has 3 aromatic rings. The highest BCUT2D eigenvalue weighted by Gasteiger charge is 2.10. The molecule has 0 fully saturated rings. The van der Waals surface area contributed by atoms with Crippen LogP contribution in [0.4, 0.5) is 5.69 Å². The monoisotopic (exact) mass is 287 g/mol. The zero-order valence-electron chi connectivity index (χ0n) is 12.0. The number of nitriles is 2. The van der Waals surface area contributed by atoms with Crippen molar-refractivity contribution in [2.24, 2.45) is 7.05 Å². The molecule has 0 aliphatic heterocycles. The Bertz CT molecular complexity index is 892. The number of hydrogen-bond acceptors (Lipinski definition) is 4. The molecule has 0 aliphatic rings. The van der Waals surface area contributed by atoms with E-state index in [0.29, 0.717) is 23.4 Å². The topological polar surface area (TPSA) is 77.4 Å². The number of benzene rings is 2. The quantitative estimate of drug-likeness (QED) is 0.803. The molecule has 106 valence electrons. The van der Waals surface area contributed by atoms with Gasteiger partial charge in [-0.25, -0.2) is 4.98 Å². The fourth-order valence-corrected chi connectivity index (χ4v) is 2.45. The average molecular weight is 287 g/mol. The predicted molar refractivity (Wildman–Crippen MR) is 83.9 cm³/mol. The maximum Gasteiger partial charge on any atom is 0.128 e. The first-order chi connectivity index (χ1) is 10.7. The van der Waals surface area contributed by atoms with Gasteiger partial charge in [-0.1, -0.05) is 18.2 Å². The van der Waals surface area contributed by atoms with Crippen LogP contribution in [0.25, 0.3) is 11.0 Å². The zero-order valence-corrected chi connectivity index (χ0v) is 12.0. The summed E-state index contributed by atoms with van der Waals surface area (Å²) in [6.45, 7) is 0.443. The van der Waals surface area contributed by atoms with E-state index in [1.165, 1.54) is 0 Å². The van der Waals surface area contributed by atoms with Crippen molar-refractivity contribution in [3.8, 4) is 12.1 Å². The number of hydrogen-bond donors (Lipinski definition) is 1. The number of nitrogens with one attached hydrogen (secondary N) is 1. The van der Waals surface area contributed by atoms with Gasteiger partial charge in [-0.05, 0) is 24.3 Å². The smallest absolute Gasteiger partial charge is 0.128 e. The summed E-state index contributed by atoms with van der Waals surface area (Å²) < 4.78 is 2.00. The number of aryl methyl sites for hydroxylation is 1. The number of nitrogens with zero attached hydrogens (tertiary/aromatic N) is 4. The van der Waals surface area contributed by atoms with Crippen molar-refractivity contribution in [2.45, 2.75) is 6.54 Å². The first kappa shape index (κ1) is 13.7. The lowest BCUT2D eigenvalue weighted by Gasteiger charge is -2.09. The third kappa shape index (κ3) is 2.25. The van der Waals surface area contributed by atoms with Crippen molar-refractivity contribution in [1.82, 2.24) is 9.55 Å². The van der Waals surface area contributed by atoms with Gasteiger partial charge in [-0.3, -0.25) is 0 Å². The van der Waals surface area contributed by atoms with E-state index in [0.717, 1.165) is 16.9 Å². The fourth-order valence-electron chi connectivity index (χ4n) is 2.45. The van der Waals surface area contributed by atoms with Gasteiger partial charge < -0.3 is 9.88 Å². The van der Waals surface area contributed by atoms with E-state index >= 15 is 0 Å². The second-order valence-electron chi connectivity index (χ2n) is 4.88. The fraction of sp³-hybridized carbons (Fsp3) is 0.118. The molecular formula is C17H13N5. The predicted octanol–water partition coefficient (Wildman–Crippen LogP) is 2.93. The molecule has 2 aromatic carbocycles. The van der Waals surface area contributed by atoms with Gasteiger partial charge in [0, 0.05) is 7.05 Å². The maximum atomic E-state index is 9.18. The van der Waals surface area contributed by atoms with Gasteiger partial charge in [-0.2, -0.15) is 10.5 Å². The second-order valence-corrected chi connectivity index (χ2v) is 4.88. The van der Waals surface area contributed by atoms with Crippen LogP contribution in [0.3, 0.4) is 0 Å². The molecule has 0 spiro atoms. The van der Waals surface area contributed by atoms with Crippen molar-refractivity contribution in [1.29, 1.82) is 10.5 Å². The number of fused-ring (bicyclic) bond motifs is 1. The summed E-state index contributed by atoms with van der Waals surface area (Å²) in [6.07, 6.45) is 0. The number of para-hydroxylation sites is 3. The molecule has 1 aromatic heterocycles. The molecule has 0 atom stereocenters. The largest absolute Gasteiger partial charge is 0.376 e. The lowest BCUT2D eigenvalue weighted by molar-refractivity contribution is 0.834. The van der Waals surface area contributed by atoms with E-state index in [1.54, 1.807) is 18.2 Å². The first-order valence-corrected chi connectivity index (χ1v) is 6.82. The van der Waals surface area contributed by atoms with Crippen LogP contribution in [0.15, 0.2) is 42.5 Å². The lowest BCUT2D eigenvalue weighted by Crippen LogP contribution is -2.08. The van der Waals surface area contributed by atoms with Crippen LogP contribution in [0.1, 0.15) is 17.0 Å². The standard InChI is InChI=1S/C17H13N5/c1-22-15-8-3-2-7-14(15)21-16(22)11-20-17-12(9-18)5-4-6-13(17)10-19/h2-8,20H,11H2,1H3. The summed E-state index contributed by atoms with van der Waals surface area (Å²) in [7, 11) is 1.95. The van der Waals surface area contributed by atoms with Crippen molar-refractivity contribution in [3.05, 3.63) is 59.4 Å². The van der Waals surface area contributed by atoms with Crippen molar-refractivity contribution in [2.75, 3.05) is 5.32 Å². The summed E-state index contributed by atoms with van der Waals surface area (Å²) >= 11 is 0. The van der Waals surface area contributed by atoms with Crippen molar-refractivity contribution >= 4 is 16.7 Å². The van der Waals surface area contributed by atoms with Crippen LogP contribution in [-0.2, 0) is 13.6 Å². The average Bonchev–Trinajstić information content (AvgIpc) is 2.89. The molecule has 0 amide bonds. The molecule has 0 radical (unpaired) electrons. The van der Waals surface area contributed by atoms with Crippen LogP contribution in [0, 0.1) is 22.7 Å². The van der Waals surface area contributed by atoms with Gasteiger partial charge >= 0.3 is 0 Å². The summed E-state index contributed by atoms with van der Waals surface area (Å²) in [5, 5.41) is 21.5. The van der Waals surface area contributed by atoms with Gasteiger partial charge in [0.05, 0.1) is 34.4 Å². The Morgan fingerprint density at radius 3 is 2.36 bits per heavy atom. The Morgan fingerprint density at radius 1 is 1.05 bits per heavy atom. The Morgan fingerprint density at radius 2 is 1.73 bits per heavy atom. The van der Waals surface area contributed by atoms with Gasteiger partial charge in [-0.15, -0.1) is 0 Å². The van der Waals surface area contributed by atoms with E-state index in [9.17, 15) is 10.5 Å². The molecule has 1 N–H and O–H groups in total. The number of aromatic nitrogens is 2. The molecular weight excluding hydrogens is 274 g/mol. The van der Waals surface area contributed by atoms with Gasteiger partial charge in [0.15, 0.2) is 0 Å². The number of rotatable bonds is 3. The Balaban J connectivity index is 1.94. The van der Waals surface area contributed by atoms with Gasteiger partial charge in [0.1, 0.15) is 18.0 Å². The molecule has 0 saturated carbocycles. The van der Waals surface area contributed by atoms with Crippen LogP contribution in [0.2, 0.25) is 0 Å². The Labute approximate surface area is 128 Å². The molecule has 0 aliphatic carbocycles. The van der Waals surface area contributed by atoms with E-state index in [1.807, 2.05) is 35.9 Å². The molecule has 5 heteroatoms. The summed E-state index contributed by atoms with van der Waals surface area (Å²) in [4.78, 5) is 4.57. The number of anilines is 1. The molecule has 5 nitrogen and oxygen atoms in total. The molecule has 3 rings (SSSR count). The van der Waals surface area contributed by atoms with Crippen LogP contribution in [-0.4, -0.2) is 9.55 Å². The maximum absolute atomic E-state index is 9.18. The minimum absolute atomic E-state index is 0.443. The highest BCUT2D eigenvalue weighted by Crippen LogP contribution is 2.21. The molecule has 1 heterocycles. The highest BCUT2D eigenvalue weighted by molar-refractivity contribution is 5.76. The normalized spacial score (nSPS) is 10.1. The molecule has 0 bridgehead atoms. The zero-order chi connectivity index (χ0) is 15.5. The Kier molecular flexibility index (Phi) is 3.47. The molecule has 0 saturated heterocycles. The SMILES string of the molecule is Cn1c(CNc2c(C#N)cccc2C#N)nc2ccccc21. The van der Waals surface area contributed by atoms with Gasteiger partial charge in [0.2, 0.25) is 0 Å². The summed E-state index contributed by atoms with van der Waals surface area (Å²) in [5.41, 5.74) is 3.44. The minimum atomic E-state index is 0.443. The van der Waals surface area contributed by atoms with Crippen LogP contribution >= 0.6 is 0 Å². The van der Waals surface area contributed by atoms with Gasteiger partial charge in [0.25, 0.3) is 0 Å². The van der Waals surface area contributed by atoms with E-state index in [4.69, 9.17) is 0 Å². The van der Waals surface area contributed by atoms with Crippen LogP contribution in [0.5, 0.6) is 0 Å². The number of imidazole rings is 1. The van der Waals surface area contributed by atoms with Crippen molar-refractivity contribution in [3.63, 3.8) is 0 Å². The minimum Gasteiger partial charge on any atom is -0.376 e. The summed E-state index contributed by atoms with van der Waals surface area (Å²) in [5.74, 6) is 0.845. The van der Waals surface area contributed by atoms with Crippen molar-refractivity contribution < 1.29 is 0 Å². The third-order valence-electron chi connectivity index (χ3n) is 3.61. The first-order valence-electron chi connectivity index (χ1n) is 6.82. The van der Waals surface area contributed by atoms with E-state index in [2.05, 4.69) is 22.4 Å². The second kappa shape index (κ2) is 5.59. The Hall–Kier alpha value is -3.31. The van der Waals surface area contributed by atoms with E-state index < -0.39 is 0 Å². The molecule has 22 heavy (non-hydrogen) atoms. The third-order valence-corrected chi connectivity index (χ3v) is 3.61. The van der Waals surface area contributed by atoms with Crippen LogP contribution < -0.4 is 5.32 Å². The van der Waals surface area contributed by atoms with E-state index in [-0.39, 0.29) is 0 Å². The summed E-state index contributed by atoms with van der Waals surface area (Å²) in [6, 6.07) is 17.2.